The molecule has 0 bridgehead atoms. The molecule has 6 heteroatoms. The number of thioether (sulfide) groups is 1. The van der Waals surface area contributed by atoms with Crippen molar-refractivity contribution in [3.05, 3.63) is 81.1 Å². The number of carbonyl (C=O) groups excluding carboxylic acids is 1. The third-order valence-corrected chi connectivity index (χ3v) is 9.35. The van der Waals surface area contributed by atoms with Crippen LogP contribution in [0.1, 0.15) is 29.4 Å². The van der Waals surface area contributed by atoms with E-state index in [1.807, 2.05) is 6.08 Å². The second-order valence-electron chi connectivity index (χ2n) is 7.91. The van der Waals surface area contributed by atoms with Crippen LogP contribution in [-0.2, 0) is 10.2 Å². The Morgan fingerprint density at radius 3 is 2.13 bits per heavy atom. The van der Waals surface area contributed by atoms with E-state index < -0.39 is 0 Å². The number of rotatable bonds is 2. The molecule has 0 spiro atoms. The van der Waals surface area contributed by atoms with Crippen molar-refractivity contribution in [1.29, 1.82) is 0 Å². The van der Waals surface area contributed by atoms with Gasteiger partial charge in [0.05, 0.1) is 0 Å². The van der Waals surface area contributed by atoms with E-state index in [9.17, 15) is 4.79 Å². The molecule has 0 unspecified atom stereocenters. The number of anilines is 3. The Bertz CT molecular complexity index is 1180. The number of fused-ring (bicyclic) bond motifs is 2. The zero-order valence-corrected chi connectivity index (χ0v) is 20.2. The molecule has 0 N–H and O–H groups in total. The summed E-state index contributed by atoms with van der Waals surface area (Å²) in [4.78, 5) is 17.0. The molecule has 0 aliphatic carbocycles. The SMILES string of the molecule is CN1C(=O)/C(=C\c2ccc(N3c4ccccc4C(C)(C)c4ccccc43)[se]2)SC1=S. The molecule has 2 aromatic carbocycles. The number of nitrogens with zero attached hydrogens (tertiary/aromatic N) is 2. The summed E-state index contributed by atoms with van der Waals surface area (Å²) in [7, 11) is 1.74. The Kier molecular flexibility index (Phi) is 4.79. The molecule has 30 heavy (non-hydrogen) atoms. The van der Waals surface area contributed by atoms with Gasteiger partial charge in [-0.05, 0) is 0 Å². The monoisotopic (exact) mass is 496 g/mol. The first-order valence-electron chi connectivity index (χ1n) is 9.68. The van der Waals surface area contributed by atoms with Gasteiger partial charge in [-0.1, -0.05) is 0 Å². The van der Waals surface area contributed by atoms with Crippen molar-refractivity contribution < 1.29 is 4.79 Å². The molecular weight excluding hydrogens is 475 g/mol. The van der Waals surface area contributed by atoms with Gasteiger partial charge in [-0.3, -0.25) is 0 Å². The Hall–Kier alpha value is -2.11. The van der Waals surface area contributed by atoms with Gasteiger partial charge in [0.2, 0.25) is 0 Å². The number of hydrogen-bond acceptors (Lipinski definition) is 4. The Labute approximate surface area is 192 Å². The third kappa shape index (κ3) is 3.02. The molecule has 1 aromatic heterocycles. The first-order valence-corrected chi connectivity index (χ1v) is 12.6. The standard InChI is InChI=1S/C24H20N2OS2Se/c1-24(2)16-8-4-6-10-18(16)26(19-11-7-5-9-17(19)24)21-13-12-15(30-21)14-20-22(27)25(3)23(28)29-20/h4-14H,1-3H3/b20-14+. The van der Waals surface area contributed by atoms with Gasteiger partial charge in [0.25, 0.3) is 0 Å². The summed E-state index contributed by atoms with van der Waals surface area (Å²) in [5.74, 6) is -0.00874. The number of carbonyl (C=O) groups is 1. The molecule has 1 fully saturated rings. The summed E-state index contributed by atoms with van der Waals surface area (Å²) >= 11 is 6.74. The van der Waals surface area contributed by atoms with Crippen molar-refractivity contribution in [3.8, 4) is 0 Å². The van der Waals surface area contributed by atoms with Crippen molar-refractivity contribution in [2.75, 3.05) is 11.9 Å². The molecule has 150 valence electrons. The van der Waals surface area contributed by atoms with Crippen LogP contribution < -0.4 is 4.90 Å². The normalized spacial score (nSPS) is 18.7. The summed E-state index contributed by atoms with van der Waals surface area (Å²) in [5, 5.41) is 0. The molecule has 0 radical (unpaired) electrons. The van der Waals surface area contributed by atoms with Gasteiger partial charge in [-0.2, -0.15) is 0 Å². The number of benzene rings is 2. The first-order chi connectivity index (χ1) is 14.4. The topological polar surface area (TPSA) is 23.6 Å². The maximum atomic E-state index is 12.4. The number of thiocarbonyl (C=S) groups is 1. The molecule has 3 nitrogen and oxygen atoms in total. The third-order valence-electron chi connectivity index (χ3n) is 5.73. The molecule has 2 aliphatic rings. The van der Waals surface area contributed by atoms with Gasteiger partial charge in [0, 0.05) is 0 Å². The minimum absolute atomic E-state index is 0.00874. The zero-order chi connectivity index (χ0) is 21.0. The van der Waals surface area contributed by atoms with E-state index >= 15 is 0 Å². The number of amides is 1. The maximum absolute atomic E-state index is 12.4. The minimum atomic E-state index is -0.0543. The van der Waals surface area contributed by atoms with Crippen LogP contribution in [-0.4, -0.2) is 36.7 Å². The Morgan fingerprint density at radius 2 is 1.57 bits per heavy atom. The van der Waals surface area contributed by atoms with Crippen molar-refractivity contribution in [2.24, 2.45) is 0 Å². The van der Waals surface area contributed by atoms with Crippen LogP contribution in [0.25, 0.3) is 6.08 Å². The van der Waals surface area contributed by atoms with Crippen LogP contribution in [0.3, 0.4) is 0 Å². The molecule has 0 atom stereocenters. The predicted octanol–water partition coefficient (Wildman–Crippen LogP) is 5.68. The van der Waals surface area contributed by atoms with Gasteiger partial charge in [-0.15, -0.1) is 0 Å². The molecule has 3 heterocycles. The Balaban J connectivity index is 1.61. The quantitative estimate of drug-likeness (QED) is 0.259. The van der Waals surface area contributed by atoms with E-state index in [1.54, 1.807) is 11.9 Å². The summed E-state index contributed by atoms with van der Waals surface area (Å²) in [6, 6.07) is 21.7. The number of likely N-dealkylation sites (N-methyl/N-ethyl adjacent to an activating group) is 1. The van der Waals surface area contributed by atoms with Crippen LogP contribution >= 0.6 is 24.0 Å². The van der Waals surface area contributed by atoms with Gasteiger partial charge in [0.15, 0.2) is 0 Å². The first kappa shape index (κ1) is 19.8. The van der Waals surface area contributed by atoms with Crippen molar-refractivity contribution in [2.45, 2.75) is 19.3 Å². The van der Waals surface area contributed by atoms with E-state index in [-0.39, 0.29) is 25.8 Å². The van der Waals surface area contributed by atoms with Crippen molar-refractivity contribution >= 4 is 70.7 Å². The summed E-state index contributed by atoms with van der Waals surface area (Å²) in [5.41, 5.74) is 5.09. The number of hydrogen-bond donors (Lipinski definition) is 0. The molecular formula is C24H20N2OS2Se. The average Bonchev–Trinajstić information content (AvgIpc) is 3.29. The molecule has 0 saturated carbocycles. The van der Waals surface area contributed by atoms with Gasteiger partial charge in [-0.25, -0.2) is 0 Å². The average molecular weight is 496 g/mol. The van der Waals surface area contributed by atoms with Crippen LogP contribution in [0.4, 0.5) is 15.9 Å². The fourth-order valence-corrected chi connectivity index (χ4v) is 7.51. The molecule has 1 saturated heterocycles. The van der Waals surface area contributed by atoms with E-state index in [0.29, 0.717) is 9.23 Å². The fourth-order valence-electron chi connectivity index (χ4n) is 4.12. The molecule has 2 aliphatic heterocycles. The van der Waals surface area contributed by atoms with E-state index in [2.05, 4.69) is 79.4 Å². The second kappa shape index (κ2) is 7.24. The fraction of sp³-hybridized carbons (Fsp3) is 0.167. The predicted molar refractivity (Wildman–Crippen MR) is 131 cm³/mol. The molecule has 1 amide bonds. The van der Waals surface area contributed by atoms with Gasteiger partial charge >= 0.3 is 193 Å². The zero-order valence-electron chi connectivity index (χ0n) is 16.9. The van der Waals surface area contributed by atoms with E-state index in [0.717, 1.165) is 0 Å². The summed E-state index contributed by atoms with van der Waals surface area (Å²) in [6.07, 6.45) is 2.01. The van der Waals surface area contributed by atoms with E-state index in [4.69, 9.17) is 12.2 Å². The van der Waals surface area contributed by atoms with E-state index in [1.165, 1.54) is 43.3 Å². The molecule has 3 aromatic rings. The van der Waals surface area contributed by atoms with Gasteiger partial charge in [0.1, 0.15) is 0 Å². The van der Waals surface area contributed by atoms with Crippen LogP contribution in [0, 0.1) is 0 Å². The van der Waals surface area contributed by atoms with Crippen LogP contribution in [0.5, 0.6) is 0 Å². The molecule has 5 rings (SSSR count). The summed E-state index contributed by atoms with van der Waals surface area (Å²) < 4.78 is 3.08. The van der Waals surface area contributed by atoms with Crippen molar-refractivity contribution in [3.63, 3.8) is 0 Å². The Morgan fingerprint density at radius 1 is 0.967 bits per heavy atom. The van der Waals surface area contributed by atoms with Gasteiger partial charge < -0.3 is 0 Å². The van der Waals surface area contributed by atoms with Crippen LogP contribution in [0.2, 0.25) is 0 Å². The number of para-hydroxylation sites is 2. The van der Waals surface area contributed by atoms with Crippen LogP contribution in [0.15, 0.2) is 65.6 Å². The van der Waals surface area contributed by atoms with Crippen molar-refractivity contribution in [1.82, 2.24) is 4.90 Å². The summed E-state index contributed by atoms with van der Waals surface area (Å²) in [6.45, 7) is 4.60. The second-order valence-corrected chi connectivity index (χ2v) is 11.9.